The van der Waals surface area contributed by atoms with Crippen LogP contribution in [0, 0.1) is 11.3 Å². The van der Waals surface area contributed by atoms with Gasteiger partial charge in [0.1, 0.15) is 17.4 Å². The van der Waals surface area contributed by atoms with Crippen molar-refractivity contribution in [1.82, 2.24) is 4.57 Å². The molecule has 1 amide bonds. The molecule has 0 fully saturated rings. The van der Waals surface area contributed by atoms with Crippen molar-refractivity contribution >= 4 is 33.7 Å². The lowest BCUT2D eigenvalue weighted by Crippen LogP contribution is -2.11. The second-order valence-corrected chi connectivity index (χ2v) is 8.52. The maximum absolute atomic E-state index is 12.3. The number of nitrogens with zero attached hydrogens (tertiary/aromatic N) is 2. The van der Waals surface area contributed by atoms with Crippen molar-refractivity contribution in [3.05, 3.63) is 42.0 Å². The van der Waals surface area contributed by atoms with Crippen LogP contribution in [0.3, 0.4) is 0 Å². The molecule has 7 nitrogen and oxygen atoms in total. The van der Waals surface area contributed by atoms with Crippen LogP contribution in [0.1, 0.15) is 68.6 Å². The molecule has 0 spiro atoms. The number of carbonyl (C=O) groups excluding carboxylic acids is 2. The Bertz CT molecular complexity index is 1250. The van der Waals surface area contributed by atoms with Gasteiger partial charge in [-0.1, -0.05) is 32.3 Å². The normalized spacial score (nSPS) is 10.7. The van der Waals surface area contributed by atoms with Crippen LogP contribution in [0.2, 0.25) is 0 Å². The molecule has 1 heterocycles. The first-order valence-electron chi connectivity index (χ1n) is 12.3. The summed E-state index contributed by atoms with van der Waals surface area (Å²) in [5.41, 5.74) is 8.07. The van der Waals surface area contributed by atoms with E-state index in [4.69, 9.17) is 20.5 Å². The number of carbonyl (C=O) groups is 1. The molecule has 184 valence electrons. The van der Waals surface area contributed by atoms with Crippen LogP contribution in [-0.2, 0) is 11.3 Å². The van der Waals surface area contributed by atoms with E-state index in [1.807, 2.05) is 24.3 Å². The third kappa shape index (κ3) is 6.44. The molecule has 1 aromatic heterocycles. The predicted molar refractivity (Wildman–Crippen MR) is 137 cm³/mol. The van der Waals surface area contributed by atoms with E-state index in [9.17, 15) is 9.59 Å². The third-order valence-electron chi connectivity index (χ3n) is 5.93. The Morgan fingerprint density at radius 1 is 1.11 bits per heavy atom. The molecule has 0 aliphatic heterocycles. The highest BCUT2D eigenvalue weighted by Crippen LogP contribution is 2.40. The van der Waals surface area contributed by atoms with Crippen LogP contribution in [0.15, 0.2) is 36.4 Å². The monoisotopic (exact) mass is 475 g/mol. The van der Waals surface area contributed by atoms with Gasteiger partial charge in [-0.25, -0.2) is 4.79 Å². The predicted octanol–water partition coefficient (Wildman–Crippen LogP) is 5.70. The van der Waals surface area contributed by atoms with Crippen molar-refractivity contribution in [2.75, 3.05) is 13.2 Å². The average Bonchev–Trinajstić information content (AvgIpc) is 3.18. The molecular formula is C28H33N3O4. The maximum Gasteiger partial charge on any atom is 0.249 e. The van der Waals surface area contributed by atoms with Crippen LogP contribution < -0.4 is 15.2 Å². The smallest absolute Gasteiger partial charge is 0.249 e. The van der Waals surface area contributed by atoms with Crippen LogP contribution in [0.5, 0.6) is 11.5 Å². The summed E-state index contributed by atoms with van der Waals surface area (Å²) in [7, 11) is 0. The van der Waals surface area contributed by atoms with Crippen LogP contribution in [0.25, 0.3) is 21.8 Å². The zero-order valence-corrected chi connectivity index (χ0v) is 20.3. The minimum Gasteiger partial charge on any atom is -0.493 e. The molecule has 0 aliphatic rings. The molecule has 35 heavy (non-hydrogen) atoms. The molecule has 0 radical (unpaired) electrons. The van der Waals surface area contributed by atoms with Gasteiger partial charge in [-0.05, 0) is 37.5 Å². The van der Waals surface area contributed by atoms with Gasteiger partial charge in [0, 0.05) is 47.9 Å². The second-order valence-electron chi connectivity index (χ2n) is 8.52. The number of fused-ring (bicyclic) bond motifs is 3. The molecule has 3 rings (SSSR count). The average molecular weight is 476 g/mol. The Hall–Kier alpha value is -3.75. The summed E-state index contributed by atoms with van der Waals surface area (Å²) in [6.07, 6.45) is 8.40. The Labute approximate surface area is 206 Å². The number of ether oxygens (including phenoxy) is 2. The van der Waals surface area contributed by atoms with Crippen molar-refractivity contribution in [2.24, 2.45) is 5.73 Å². The van der Waals surface area contributed by atoms with E-state index in [-0.39, 0.29) is 0 Å². The number of nitriles is 1. The van der Waals surface area contributed by atoms with Crippen molar-refractivity contribution < 1.29 is 19.1 Å². The number of amides is 1. The number of hydrogen-bond donors (Lipinski definition) is 1. The quantitative estimate of drug-likeness (QED) is 0.224. The summed E-state index contributed by atoms with van der Waals surface area (Å²) in [4.78, 5) is 22.8. The van der Waals surface area contributed by atoms with Gasteiger partial charge < -0.3 is 19.8 Å². The molecule has 0 saturated heterocycles. The summed E-state index contributed by atoms with van der Waals surface area (Å²) in [5.74, 6) is 2.59. The van der Waals surface area contributed by atoms with E-state index in [0.29, 0.717) is 43.1 Å². The molecule has 0 atom stereocenters. The van der Waals surface area contributed by atoms with Gasteiger partial charge in [0.15, 0.2) is 0 Å². The summed E-state index contributed by atoms with van der Waals surface area (Å²) >= 11 is 0. The Balaban J connectivity index is 2.05. The lowest BCUT2D eigenvalue weighted by molar-refractivity contribution is 0.100. The van der Waals surface area contributed by atoms with Crippen molar-refractivity contribution in [2.45, 2.75) is 64.8 Å². The molecule has 0 aliphatic carbocycles. The van der Waals surface area contributed by atoms with Gasteiger partial charge >= 0.3 is 0 Å². The second kappa shape index (κ2) is 13.2. The highest BCUT2D eigenvalue weighted by atomic mass is 16.5. The summed E-state index contributed by atoms with van der Waals surface area (Å²) in [5, 5.41) is 10.4. The molecule has 0 bridgehead atoms. The van der Waals surface area contributed by atoms with E-state index >= 15 is 0 Å². The number of rotatable bonds is 15. The van der Waals surface area contributed by atoms with Crippen molar-refractivity contribution in [1.29, 1.82) is 5.26 Å². The number of unbranched alkanes of at least 4 members (excludes halogenated alkanes) is 5. The fraction of sp³-hybridized carbons (Fsp3) is 0.429. The van der Waals surface area contributed by atoms with Crippen LogP contribution in [0.4, 0.5) is 0 Å². The van der Waals surface area contributed by atoms with E-state index in [1.54, 1.807) is 12.0 Å². The van der Waals surface area contributed by atoms with Gasteiger partial charge in [-0.15, -0.1) is 0 Å². The minimum absolute atomic E-state index is 0.334. The lowest BCUT2D eigenvalue weighted by Gasteiger charge is -2.14. The first-order chi connectivity index (χ1) is 17.1. The topological polar surface area (TPSA) is 107 Å². The Morgan fingerprint density at radius 3 is 2.66 bits per heavy atom. The van der Waals surface area contributed by atoms with Gasteiger partial charge in [0.25, 0.3) is 0 Å². The van der Waals surface area contributed by atoms with Crippen molar-refractivity contribution in [3.8, 4) is 17.6 Å². The van der Waals surface area contributed by atoms with Gasteiger partial charge in [0.05, 0.1) is 30.3 Å². The number of hydrogen-bond acceptors (Lipinski definition) is 5. The zero-order chi connectivity index (χ0) is 25.0. The number of primary amides is 1. The number of aromatic nitrogens is 1. The molecule has 2 aromatic carbocycles. The van der Waals surface area contributed by atoms with E-state index in [1.165, 1.54) is 6.08 Å². The SMILES string of the molecule is CCCOc1cc(OCCC=C=O)cc2c3c(C(N)=O)cccc3n(CCCCCCCC#N)c12. The molecule has 0 unspecified atom stereocenters. The molecule has 3 aromatic rings. The van der Waals surface area contributed by atoms with Gasteiger partial charge in [-0.2, -0.15) is 5.26 Å². The minimum atomic E-state index is -0.481. The zero-order valence-electron chi connectivity index (χ0n) is 20.3. The number of benzene rings is 2. The summed E-state index contributed by atoms with van der Waals surface area (Å²) in [6, 6.07) is 11.6. The summed E-state index contributed by atoms with van der Waals surface area (Å²) < 4.78 is 14.3. The fourth-order valence-electron chi connectivity index (χ4n) is 4.36. The maximum atomic E-state index is 12.3. The first kappa shape index (κ1) is 25.9. The molecule has 7 heteroatoms. The Morgan fingerprint density at radius 2 is 1.91 bits per heavy atom. The van der Waals surface area contributed by atoms with Crippen LogP contribution in [-0.4, -0.2) is 29.6 Å². The highest BCUT2D eigenvalue weighted by Gasteiger charge is 2.20. The van der Waals surface area contributed by atoms with Gasteiger partial charge in [-0.3, -0.25) is 4.79 Å². The Kier molecular flexibility index (Phi) is 9.77. The van der Waals surface area contributed by atoms with E-state index in [0.717, 1.165) is 66.9 Å². The van der Waals surface area contributed by atoms with Crippen LogP contribution >= 0.6 is 0 Å². The fourth-order valence-corrected chi connectivity index (χ4v) is 4.36. The molecule has 2 N–H and O–H groups in total. The van der Waals surface area contributed by atoms with Crippen molar-refractivity contribution in [3.63, 3.8) is 0 Å². The number of aryl methyl sites for hydroxylation is 1. The molecular weight excluding hydrogens is 442 g/mol. The standard InChI is InChI=1S/C28H33N3O4/c1-2-17-35-25-20-21(34-18-10-9-16-32)19-23-26-22(28(30)33)12-11-13-24(26)31(27(23)25)15-8-6-4-3-5-7-14-29/h9,11-13,19-20H,2-8,10,15,17-18H2,1H3,(H2,30,33). The lowest BCUT2D eigenvalue weighted by atomic mass is 10.1. The van der Waals surface area contributed by atoms with E-state index in [2.05, 4.69) is 17.6 Å². The highest BCUT2D eigenvalue weighted by molar-refractivity contribution is 6.19. The van der Waals surface area contributed by atoms with Gasteiger partial charge in [0.2, 0.25) is 5.91 Å². The van der Waals surface area contributed by atoms with E-state index < -0.39 is 5.91 Å². The third-order valence-corrected chi connectivity index (χ3v) is 5.93. The molecule has 0 saturated carbocycles. The first-order valence-corrected chi connectivity index (χ1v) is 12.3. The largest absolute Gasteiger partial charge is 0.493 e. The number of nitrogens with two attached hydrogens (primary N) is 1. The summed E-state index contributed by atoms with van der Waals surface area (Å²) in [6.45, 7) is 3.71.